The second-order valence-electron chi connectivity index (χ2n) is 16.0. The number of rotatable bonds is 44. The Morgan fingerprint density at radius 1 is 0.411 bits per heavy atom. The van der Waals surface area contributed by atoms with Crippen molar-refractivity contribution in [2.75, 3.05) is 19.8 Å². The average Bonchev–Trinajstić information content (AvgIpc) is 3.20. The average molecular weight is 785 g/mol. The molecule has 0 aromatic carbocycles. The molecule has 0 fully saturated rings. The third-order valence-electron chi connectivity index (χ3n) is 10.3. The van der Waals surface area contributed by atoms with Crippen molar-refractivity contribution in [2.24, 2.45) is 0 Å². The van der Waals surface area contributed by atoms with Crippen molar-refractivity contribution >= 4 is 11.9 Å². The summed E-state index contributed by atoms with van der Waals surface area (Å²) < 4.78 is 17.3. The smallest absolute Gasteiger partial charge is 0.306 e. The highest BCUT2D eigenvalue weighted by molar-refractivity contribution is 5.70. The molecule has 5 heteroatoms. The Hall–Kier alpha value is -2.14. The van der Waals surface area contributed by atoms with Crippen molar-refractivity contribution in [3.05, 3.63) is 48.6 Å². The van der Waals surface area contributed by atoms with Gasteiger partial charge in [-0.2, -0.15) is 0 Å². The second-order valence-corrected chi connectivity index (χ2v) is 16.0. The van der Waals surface area contributed by atoms with Gasteiger partial charge in [0.1, 0.15) is 6.61 Å². The number of allylic oxidation sites excluding steroid dienone is 8. The number of unbranched alkanes of at least 4 members (excludes halogenated alkanes) is 25. The van der Waals surface area contributed by atoms with Crippen LogP contribution in [-0.2, 0) is 23.8 Å². The SMILES string of the molecule is CC/C=C\C/C=C\C/C=C\CCCCCCCC(=O)OCC(COCCCCCCCCCCCCCCCC)OC(=O)CCCCCCC/C=C\CCCC. The third kappa shape index (κ3) is 44.6. The summed E-state index contributed by atoms with van der Waals surface area (Å²) in [5, 5.41) is 0. The molecule has 0 heterocycles. The molecule has 56 heavy (non-hydrogen) atoms. The maximum absolute atomic E-state index is 12.7. The maximum atomic E-state index is 12.7. The number of esters is 2. The van der Waals surface area contributed by atoms with E-state index in [0.717, 1.165) is 83.5 Å². The van der Waals surface area contributed by atoms with Gasteiger partial charge in [0.05, 0.1) is 6.61 Å². The molecule has 0 rings (SSSR count). The van der Waals surface area contributed by atoms with Gasteiger partial charge in [-0.3, -0.25) is 9.59 Å². The van der Waals surface area contributed by atoms with Crippen molar-refractivity contribution in [3.63, 3.8) is 0 Å². The van der Waals surface area contributed by atoms with Crippen molar-refractivity contribution in [1.29, 1.82) is 0 Å². The first kappa shape index (κ1) is 53.9. The van der Waals surface area contributed by atoms with Crippen LogP contribution in [0.2, 0.25) is 0 Å². The molecule has 0 radical (unpaired) electrons. The Kier molecular flexibility index (Phi) is 45.4. The highest BCUT2D eigenvalue weighted by Gasteiger charge is 2.17. The Balaban J connectivity index is 4.26. The van der Waals surface area contributed by atoms with Gasteiger partial charge in [0.25, 0.3) is 0 Å². The number of ether oxygens (including phenoxy) is 3. The van der Waals surface area contributed by atoms with Crippen molar-refractivity contribution in [2.45, 2.75) is 245 Å². The zero-order chi connectivity index (χ0) is 40.7. The van der Waals surface area contributed by atoms with E-state index in [9.17, 15) is 9.59 Å². The van der Waals surface area contributed by atoms with Gasteiger partial charge in [0.15, 0.2) is 6.10 Å². The van der Waals surface area contributed by atoms with Crippen LogP contribution in [-0.4, -0.2) is 37.9 Å². The molecule has 326 valence electrons. The molecule has 0 aliphatic rings. The van der Waals surface area contributed by atoms with Crippen LogP contribution >= 0.6 is 0 Å². The zero-order valence-electron chi connectivity index (χ0n) is 37.4. The predicted molar refractivity (Wildman–Crippen MR) is 242 cm³/mol. The van der Waals surface area contributed by atoms with E-state index in [-0.39, 0.29) is 25.2 Å². The van der Waals surface area contributed by atoms with E-state index < -0.39 is 6.10 Å². The minimum atomic E-state index is -0.543. The third-order valence-corrected chi connectivity index (χ3v) is 10.3. The van der Waals surface area contributed by atoms with Crippen molar-refractivity contribution < 1.29 is 23.8 Å². The van der Waals surface area contributed by atoms with Crippen LogP contribution < -0.4 is 0 Å². The van der Waals surface area contributed by atoms with Crippen LogP contribution in [0.1, 0.15) is 239 Å². The molecular weight excluding hydrogens is 693 g/mol. The molecule has 0 N–H and O–H groups in total. The van der Waals surface area contributed by atoms with Crippen LogP contribution in [0.3, 0.4) is 0 Å². The minimum Gasteiger partial charge on any atom is -0.462 e. The van der Waals surface area contributed by atoms with Crippen LogP contribution in [0.25, 0.3) is 0 Å². The highest BCUT2D eigenvalue weighted by atomic mass is 16.6. The summed E-state index contributed by atoms with van der Waals surface area (Å²) in [6.45, 7) is 7.68. The highest BCUT2D eigenvalue weighted by Crippen LogP contribution is 2.14. The van der Waals surface area contributed by atoms with Crippen LogP contribution in [0.5, 0.6) is 0 Å². The lowest BCUT2D eigenvalue weighted by atomic mass is 10.0. The fraction of sp³-hybridized carbons (Fsp3) is 0.804. The molecule has 0 aromatic rings. The van der Waals surface area contributed by atoms with Crippen molar-refractivity contribution in [1.82, 2.24) is 0 Å². The minimum absolute atomic E-state index is 0.0754. The molecule has 0 aliphatic carbocycles. The summed E-state index contributed by atoms with van der Waals surface area (Å²) in [6.07, 6.45) is 56.8. The van der Waals surface area contributed by atoms with Gasteiger partial charge >= 0.3 is 11.9 Å². The Morgan fingerprint density at radius 2 is 0.821 bits per heavy atom. The molecule has 0 aliphatic heterocycles. The summed E-state index contributed by atoms with van der Waals surface area (Å²) in [5.41, 5.74) is 0. The lowest BCUT2D eigenvalue weighted by molar-refractivity contribution is -0.163. The summed E-state index contributed by atoms with van der Waals surface area (Å²) in [4.78, 5) is 25.3. The van der Waals surface area contributed by atoms with Crippen LogP contribution in [0.4, 0.5) is 0 Å². The van der Waals surface area contributed by atoms with E-state index in [4.69, 9.17) is 14.2 Å². The molecule has 1 unspecified atom stereocenters. The van der Waals surface area contributed by atoms with Gasteiger partial charge in [0.2, 0.25) is 0 Å². The molecular formula is C51H92O5. The summed E-state index contributed by atoms with van der Waals surface area (Å²) in [6, 6.07) is 0. The number of carbonyl (C=O) groups excluding carboxylic acids is 2. The topological polar surface area (TPSA) is 61.8 Å². The van der Waals surface area contributed by atoms with Gasteiger partial charge in [-0.05, 0) is 70.6 Å². The van der Waals surface area contributed by atoms with Gasteiger partial charge in [-0.1, -0.05) is 204 Å². The molecule has 0 spiro atoms. The first-order valence-electron chi connectivity index (χ1n) is 24.2. The van der Waals surface area contributed by atoms with E-state index in [1.165, 1.54) is 122 Å². The molecule has 0 amide bonds. The Bertz CT molecular complexity index is 935. The number of hydrogen-bond donors (Lipinski definition) is 0. The van der Waals surface area contributed by atoms with Gasteiger partial charge < -0.3 is 14.2 Å². The van der Waals surface area contributed by atoms with E-state index in [0.29, 0.717) is 19.4 Å². The van der Waals surface area contributed by atoms with Gasteiger partial charge in [0, 0.05) is 19.4 Å². The molecule has 0 saturated carbocycles. The lowest BCUT2D eigenvalue weighted by Gasteiger charge is -2.18. The fourth-order valence-electron chi connectivity index (χ4n) is 6.74. The molecule has 5 nitrogen and oxygen atoms in total. The zero-order valence-corrected chi connectivity index (χ0v) is 37.4. The molecule has 0 aromatic heterocycles. The normalized spacial score (nSPS) is 12.6. The standard InChI is InChI=1S/C51H92O5/c1-4-7-10-13-16-19-22-24-26-27-30-32-35-38-41-44-50(52)55-48-49(56-51(53)45-42-39-36-33-29-21-18-15-12-9-6-3)47-54-46-43-40-37-34-31-28-25-23-20-17-14-11-8-5-2/h7,10,15-16,18-19,24,26,49H,4-6,8-9,11-14,17,20-23,25,27-48H2,1-3H3/b10-7-,18-15-,19-16-,26-24-. The Morgan fingerprint density at radius 3 is 1.36 bits per heavy atom. The summed E-state index contributed by atoms with van der Waals surface area (Å²) >= 11 is 0. The maximum Gasteiger partial charge on any atom is 0.306 e. The summed E-state index contributed by atoms with van der Waals surface area (Å²) in [5.74, 6) is -0.421. The fourth-order valence-corrected chi connectivity index (χ4v) is 6.74. The summed E-state index contributed by atoms with van der Waals surface area (Å²) in [7, 11) is 0. The van der Waals surface area contributed by atoms with E-state index >= 15 is 0 Å². The van der Waals surface area contributed by atoms with E-state index in [2.05, 4.69) is 69.4 Å². The molecule has 0 saturated heterocycles. The second kappa shape index (κ2) is 47.2. The largest absolute Gasteiger partial charge is 0.462 e. The number of hydrogen-bond acceptors (Lipinski definition) is 5. The molecule has 0 bridgehead atoms. The number of carbonyl (C=O) groups is 2. The van der Waals surface area contributed by atoms with Gasteiger partial charge in [-0.25, -0.2) is 0 Å². The molecule has 1 atom stereocenters. The monoisotopic (exact) mass is 785 g/mol. The van der Waals surface area contributed by atoms with Crippen LogP contribution in [0, 0.1) is 0 Å². The van der Waals surface area contributed by atoms with Crippen molar-refractivity contribution in [3.8, 4) is 0 Å². The quantitative estimate of drug-likeness (QED) is 0.0350. The lowest BCUT2D eigenvalue weighted by Crippen LogP contribution is -2.30. The Labute approximate surface area is 348 Å². The first-order valence-corrected chi connectivity index (χ1v) is 24.2. The van der Waals surface area contributed by atoms with Gasteiger partial charge in [-0.15, -0.1) is 0 Å². The van der Waals surface area contributed by atoms with E-state index in [1.807, 2.05) is 0 Å². The van der Waals surface area contributed by atoms with E-state index in [1.54, 1.807) is 0 Å². The van der Waals surface area contributed by atoms with Crippen LogP contribution in [0.15, 0.2) is 48.6 Å². The first-order chi connectivity index (χ1) is 27.6. The predicted octanol–water partition coefficient (Wildman–Crippen LogP) is 16.0.